The normalized spacial score (nSPS) is 14.5. The second-order valence-electron chi connectivity index (χ2n) is 8.08. The fourth-order valence-electron chi connectivity index (χ4n) is 3.21. The summed E-state index contributed by atoms with van der Waals surface area (Å²) in [7, 11) is 0. The van der Waals surface area contributed by atoms with Crippen LogP contribution >= 0.6 is 22.9 Å². The number of anilines is 1. The van der Waals surface area contributed by atoms with Crippen molar-refractivity contribution in [1.82, 2.24) is 25.3 Å². The number of halogens is 1. The number of thiazole rings is 1. The lowest BCUT2D eigenvalue weighted by Gasteiger charge is -2.25. The van der Waals surface area contributed by atoms with Crippen molar-refractivity contribution in [2.45, 2.75) is 45.2 Å². The summed E-state index contributed by atoms with van der Waals surface area (Å²) in [6, 6.07) is 3.21. The molecule has 1 amide bonds. The third-order valence-electron chi connectivity index (χ3n) is 5.02. The zero-order valence-electron chi connectivity index (χ0n) is 18.6. The van der Waals surface area contributed by atoms with Crippen LogP contribution in [0.3, 0.4) is 0 Å². The van der Waals surface area contributed by atoms with Crippen molar-refractivity contribution < 1.29 is 18.3 Å². The number of hydrogen-bond acceptors (Lipinski definition) is 9. The van der Waals surface area contributed by atoms with Gasteiger partial charge in [0.2, 0.25) is 5.88 Å². The van der Waals surface area contributed by atoms with Gasteiger partial charge < -0.3 is 14.6 Å². The van der Waals surface area contributed by atoms with Gasteiger partial charge in [0.05, 0.1) is 35.9 Å². The number of ether oxygens (including phenoxy) is 1. The van der Waals surface area contributed by atoms with E-state index in [0.717, 1.165) is 24.2 Å². The topological polar surface area (TPSA) is 133 Å². The minimum Gasteiger partial charge on any atom is -0.755 e. The first-order valence-corrected chi connectivity index (χ1v) is 12.7. The van der Waals surface area contributed by atoms with E-state index in [1.165, 1.54) is 16.7 Å². The number of aromatic nitrogens is 4. The lowest BCUT2D eigenvalue weighted by atomic mass is 10.0. The van der Waals surface area contributed by atoms with Crippen molar-refractivity contribution in [3.8, 4) is 17.1 Å². The van der Waals surface area contributed by atoms with Crippen LogP contribution in [0.15, 0.2) is 30.7 Å². The van der Waals surface area contributed by atoms with E-state index >= 15 is 0 Å². The number of rotatable bonds is 9. The molecule has 0 saturated heterocycles. The van der Waals surface area contributed by atoms with Crippen molar-refractivity contribution in [3.05, 3.63) is 46.4 Å². The van der Waals surface area contributed by atoms with Crippen LogP contribution in [-0.4, -0.2) is 47.3 Å². The summed E-state index contributed by atoms with van der Waals surface area (Å²) < 4.78 is 30.2. The van der Waals surface area contributed by atoms with Gasteiger partial charge in [-0.2, -0.15) is 0 Å². The fourth-order valence-corrected chi connectivity index (χ4v) is 5.55. The number of nitrogens with one attached hydrogen (secondary N) is 1. The predicted molar refractivity (Wildman–Crippen MR) is 128 cm³/mol. The lowest BCUT2D eigenvalue weighted by Crippen LogP contribution is -2.42. The lowest BCUT2D eigenvalue weighted by molar-refractivity contribution is 0.0905. The Balaban J connectivity index is 1.50. The number of pyridine rings is 1. The van der Waals surface area contributed by atoms with E-state index in [0.29, 0.717) is 33.8 Å². The molecule has 180 valence electrons. The molecule has 0 bridgehead atoms. The zero-order valence-corrected chi connectivity index (χ0v) is 21.0. The van der Waals surface area contributed by atoms with Crippen LogP contribution in [0.2, 0.25) is 4.34 Å². The molecule has 3 aromatic rings. The molecule has 1 aliphatic rings. The molecule has 3 heterocycles. The molecular weight excluding hydrogens is 500 g/mol. The van der Waals surface area contributed by atoms with E-state index in [2.05, 4.69) is 25.3 Å². The Labute approximate surface area is 208 Å². The predicted octanol–water partition coefficient (Wildman–Crippen LogP) is 3.48. The molecule has 0 aromatic carbocycles. The van der Waals surface area contributed by atoms with Gasteiger partial charge in [-0.05, 0) is 45.7 Å². The maximum Gasteiger partial charge on any atom is 0.270 e. The number of amides is 1. The molecule has 1 aliphatic carbocycles. The summed E-state index contributed by atoms with van der Waals surface area (Å²) >= 11 is 5.02. The second kappa shape index (κ2) is 9.90. The Kier molecular flexibility index (Phi) is 7.12. The Morgan fingerprint density at radius 1 is 1.32 bits per heavy atom. The average Bonchev–Trinajstić information content (AvgIpc) is 3.54. The van der Waals surface area contributed by atoms with Gasteiger partial charge in [0, 0.05) is 29.1 Å². The summed E-state index contributed by atoms with van der Waals surface area (Å²) in [4.78, 5) is 30.1. The van der Waals surface area contributed by atoms with Gasteiger partial charge in [-0.15, -0.1) is 0 Å². The molecule has 0 spiro atoms. The van der Waals surface area contributed by atoms with Gasteiger partial charge in [0.25, 0.3) is 5.91 Å². The van der Waals surface area contributed by atoms with Crippen LogP contribution in [-0.2, 0) is 16.8 Å². The van der Waals surface area contributed by atoms with Crippen molar-refractivity contribution in [2.75, 3.05) is 10.9 Å². The average molecular weight is 522 g/mol. The Hall–Kier alpha value is -2.67. The first kappa shape index (κ1) is 24.5. The molecule has 0 radical (unpaired) electrons. The quantitative estimate of drug-likeness (QED) is 0.423. The number of nitrogens with zero attached hydrogens (tertiary/aromatic N) is 5. The monoisotopic (exact) mass is 521 g/mol. The molecule has 1 fully saturated rings. The zero-order chi connectivity index (χ0) is 24.5. The molecule has 1 unspecified atom stereocenters. The van der Waals surface area contributed by atoms with Gasteiger partial charge in [-0.3, -0.25) is 23.3 Å². The van der Waals surface area contributed by atoms with Crippen LogP contribution < -0.4 is 14.4 Å². The molecule has 1 saturated carbocycles. The molecule has 1 atom stereocenters. The molecule has 1 N–H and O–H groups in total. The largest absolute Gasteiger partial charge is 0.755 e. The van der Waals surface area contributed by atoms with Crippen LogP contribution in [0.25, 0.3) is 11.3 Å². The smallest absolute Gasteiger partial charge is 0.270 e. The minimum atomic E-state index is -2.45. The SMILES string of the molecule is CCOc1cncc(-c2ccc(C(=O)NC(C)(C)c3nc(N(C4CC4)S(=O)[O-])sc3Cl)nc2)n1. The summed E-state index contributed by atoms with van der Waals surface area (Å²) in [5.41, 5.74) is 0.863. The standard InChI is InChI=1S/C21H23ClN6O4S2/c1-4-32-16-11-23-10-15(25-16)12-5-8-14(24-9-12)19(29)27-21(2,3)17-18(22)33-20(26-17)28(34(30)31)13-6-7-13/h5,8-11,13H,4,6-7H2,1-3H3,(H,27,29)(H,30,31)/p-1. The summed E-state index contributed by atoms with van der Waals surface area (Å²) in [6.07, 6.45) is 6.21. The van der Waals surface area contributed by atoms with E-state index in [4.69, 9.17) is 16.3 Å². The van der Waals surface area contributed by atoms with Gasteiger partial charge in [0.15, 0.2) is 5.13 Å². The van der Waals surface area contributed by atoms with E-state index in [1.54, 1.807) is 32.2 Å². The molecule has 3 aromatic heterocycles. The molecule has 34 heavy (non-hydrogen) atoms. The summed E-state index contributed by atoms with van der Waals surface area (Å²) in [5, 5.41) is 3.17. The molecule has 10 nitrogen and oxygen atoms in total. The van der Waals surface area contributed by atoms with Gasteiger partial charge in [-0.25, -0.2) is 9.97 Å². The highest BCUT2D eigenvalue weighted by Crippen LogP contribution is 2.41. The van der Waals surface area contributed by atoms with Gasteiger partial charge in [0.1, 0.15) is 10.0 Å². The van der Waals surface area contributed by atoms with Crippen molar-refractivity contribution in [2.24, 2.45) is 0 Å². The van der Waals surface area contributed by atoms with Crippen LogP contribution in [0.4, 0.5) is 5.13 Å². The Morgan fingerprint density at radius 2 is 2.09 bits per heavy atom. The Morgan fingerprint density at radius 3 is 2.71 bits per heavy atom. The van der Waals surface area contributed by atoms with E-state index in [-0.39, 0.29) is 16.9 Å². The van der Waals surface area contributed by atoms with Gasteiger partial charge >= 0.3 is 0 Å². The summed E-state index contributed by atoms with van der Waals surface area (Å²) in [5.74, 6) is -0.0214. The van der Waals surface area contributed by atoms with E-state index in [9.17, 15) is 13.6 Å². The maximum atomic E-state index is 12.9. The van der Waals surface area contributed by atoms with Crippen molar-refractivity contribution in [1.29, 1.82) is 0 Å². The van der Waals surface area contributed by atoms with Crippen LogP contribution in [0.5, 0.6) is 5.88 Å². The number of carbonyl (C=O) groups is 1. The second-order valence-corrected chi connectivity index (χ2v) is 10.5. The van der Waals surface area contributed by atoms with E-state index in [1.807, 2.05) is 6.92 Å². The molecule has 13 heteroatoms. The van der Waals surface area contributed by atoms with Crippen LogP contribution in [0.1, 0.15) is 49.8 Å². The number of carbonyl (C=O) groups excluding carboxylic acids is 1. The highest BCUT2D eigenvalue weighted by molar-refractivity contribution is 7.81. The van der Waals surface area contributed by atoms with Crippen LogP contribution in [0, 0.1) is 0 Å². The molecule has 0 aliphatic heterocycles. The third-order valence-corrected chi connectivity index (χ3v) is 7.18. The highest BCUT2D eigenvalue weighted by atomic mass is 35.5. The maximum absolute atomic E-state index is 12.9. The first-order valence-electron chi connectivity index (χ1n) is 10.5. The molecule has 4 rings (SSSR count). The Bertz CT molecular complexity index is 1220. The third kappa shape index (κ3) is 5.35. The summed E-state index contributed by atoms with van der Waals surface area (Å²) in [6.45, 7) is 5.82. The van der Waals surface area contributed by atoms with E-state index < -0.39 is 22.7 Å². The first-order chi connectivity index (χ1) is 16.2. The fraction of sp³-hybridized carbons (Fsp3) is 0.381. The molecular formula is C21H22ClN6O4S2-. The number of hydrogen-bond donors (Lipinski definition) is 1. The highest BCUT2D eigenvalue weighted by Gasteiger charge is 2.36. The van der Waals surface area contributed by atoms with Crippen molar-refractivity contribution in [3.63, 3.8) is 0 Å². The minimum absolute atomic E-state index is 0.0901. The van der Waals surface area contributed by atoms with Gasteiger partial charge in [-0.1, -0.05) is 22.9 Å². The van der Waals surface area contributed by atoms with Crippen molar-refractivity contribution >= 4 is 45.2 Å².